The van der Waals surface area contributed by atoms with Crippen LogP contribution in [0.25, 0.3) is 0 Å². The topological polar surface area (TPSA) is 75.4 Å². The summed E-state index contributed by atoms with van der Waals surface area (Å²) in [6, 6.07) is -0.105. The molecule has 0 aromatic heterocycles. The molecule has 1 fully saturated rings. The molecule has 3 N–H and O–H groups in total. The molecule has 6 heteroatoms. The first kappa shape index (κ1) is 15.9. The molecule has 1 aliphatic heterocycles. The van der Waals surface area contributed by atoms with E-state index in [4.69, 9.17) is 5.73 Å². The van der Waals surface area contributed by atoms with Gasteiger partial charge in [-0.25, -0.2) is 4.72 Å². The third kappa shape index (κ3) is 5.65. The van der Waals surface area contributed by atoms with Gasteiger partial charge < -0.3 is 5.73 Å². The molecule has 18 heavy (non-hydrogen) atoms. The normalized spacial score (nSPS) is 20.9. The first-order valence-electron chi connectivity index (χ1n) is 6.92. The fraction of sp³-hybridized carbons (Fsp3) is 1.00. The van der Waals surface area contributed by atoms with Crippen molar-refractivity contribution in [2.24, 2.45) is 11.7 Å². The van der Waals surface area contributed by atoms with E-state index >= 15 is 0 Å². The molecule has 0 radical (unpaired) electrons. The van der Waals surface area contributed by atoms with Gasteiger partial charge in [-0.3, -0.25) is 0 Å². The molecule has 1 unspecified atom stereocenters. The van der Waals surface area contributed by atoms with Crippen molar-refractivity contribution in [2.75, 3.05) is 19.6 Å². The Hall–Kier alpha value is -0.170. The van der Waals surface area contributed by atoms with Crippen molar-refractivity contribution in [1.82, 2.24) is 9.03 Å². The zero-order chi connectivity index (χ0) is 13.6. The monoisotopic (exact) mass is 277 g/mol. The number of hydrogen-bond acceptors (Lipinski definition) is 3. The Kier molecular flexibility index (Phi) is 6.55. The van der Waals surface area contributed by atoms with Crippen LogP contribution in [0.2, 0.25) is 0 Å². The second kappa shape index (κ2) is 7.43. The van der Waals surface area contributed by atoms with E-state index in [1.165, 1.54) is 0 Å². The Balaban J connectivity index is 2.43. The molecule has 0 aromatic carbocycles. The molecule has 1 atom stereocenters. The molecule has 1 saturated heterocycles. The highest BCUT2D eigenvalue weighted by atomic mass is 32.2. The average Bonchev–Trinajstić information content (AvgIpc) is 2.54. The number of nitrogens with two attached hydrogens (primary N) is 1. The highest BCUT2D eigenvalue weighted by Crippen LogP contribution is 2.12. The second-order valence-corrected chi connectivity index (χ2v) is 7.31. The van der Waals surface area contributed by atoms with Gasteiger partial charge in [0, 0.05) is 25.7 Å². The second-order valence-electron chi connectivity index (χ2n) is 5.56. The Bertz CT molecular complexity index is 322. The van der Waals surface area contributed by atoms with Crippen molar-refractivity contribution in [3.05, 3.63) is 0 Å². The highest BCUT2D eigenvalue weighted by molar-refractivity contribution is 7.87. The van der Waals surface area contributed by atoms with Crippen LogP contribution in [0.5, 0.6) is 0 Å². The van der Waals surface area contributed by atoms with Crippen LogP contribution < -0.4 is 10.5 Å². The van der Waals surface area contributed by atoms with Gasteiger partial charge in [0.15, 0.2) is 0 Å². The fourth-order valence-corrected chi connectivity index (χ4v) is 3.62. The van der Waals surface area contributed by atoms with Gasteiger partial charge in [-0.2, -0.15) is 12.7 Å². The van der Waals surface area contributed by atoms with E-state index in [0.29, 0.717) is 25.6 Å². The fourth-order valence-electron chi connectivity index (χ4n) is 2.27. The van der Waals surface area contributed by atoms with Gasteiger partial charge in [0.1, 0.15) is 0 Å². The minimum atomic E-state index is -3.33. The number of nitrogens with zero attached hydrogens (tertiary/aromatic N) is 1. The molecule has 1 heterocycles. The summed E-state index contributed by atoms with van der Waals surface area (Å²) in [5, 5.41) is 0. The maximum Gasteiger partial charge on any atom is 0.279 e. The molecule has 108 valence electrons. The van der Waals surface area contributed by atoms with E-state index in [9.17, 15) is 8.42 Å². The molecule has 0 saturated carbocycles. The van der Waals surface area contributed by atoms with Crippen molar-refractivity contribution in [3.63, 3.8) is 0 Å². The van der Waals surface area contributed by atoms with Crippen LogP contribution in [0.15, 0.2) is 0 Å². The summed E-state index contributed by atoms with van der Waals surface area (Å²) >= 11 is 0. The smallest absolute Gasteiger partial charge is 0.279 e. The molecular formula is C12H27N3O2S. The molecule has 5 nitrogen and oxygen atoms in total. The van der Waals surface area contributed by atoms with Crippen molar-refractivity contribution in [3.8, 4) is 0 Å². The lowest BCUT2D eigenvalue weighted by Crippen LogP contribution is -2.45. The van der Waals surface area contributed by atoms with Crippen molar-refractivity contribution < 1.29 is 8.42 Å². The molecule has 0 aliphatic carbocycles. The Morgan fingerprint density at radius 3 is 2.22 bits per heavy atom. The first-order valence-corrected chi connectivity index (χ1v) is 8.36. The molecule has 0 spiro atoms. The molecule has 0 aromatic rings. The minimum absolute atomic E-state index is 0.105. The quantitative estimate of drug-likeness (QED) is 0.762. The summed E-state index contributed by atoms with van der Waals surface area (Å²) < 4.78 is 28.4. The van der Waals surface area contributed by atoms with Gasteiger partial charge in [0.25, 0.3) is 10.2 Å². The lowest BCUT2D eigenvalue weighted by Gasteiger charge is -2.22. The Morgan fingerprint density at radius 1 is 1.17 bits per heavy atom. The standard InChI is InChI=1S/C12H27N3O2S/c1-11(2)9-12(13)10-14-18(16,17)15-7-5-3-4-6-8-15/h11-12,14H,3-10,13H2,1-2H3. The van der Waals surface area contributed by atoms with E-state index < -0.39 is 10.2 Å². The number of hydrogen-bond donors (Lipinski definition) is 2. The predicted molar refractivity (Wildman–Crippen MR) is 74.4 cm³/mol. The number of nitrogens with one attached hydrogen (secondary N) is 1. The highest BCUT2D eigenvalue weighted by Gasteiger charge is 2.23. The summed E-state index contributed by atoms with van der Waals surface area (Å²) in [5.41, 5.74) is 5.90. The molecule has 1 aliphatic rings. The third-order valence-corrected chi connectivity index (χ3v) is 4.78. The minimum Gasteiger partial charge on any atom is -0.327 e. The molecular weight excluding hydrogens is 250 g/mol. The van der Waals surface area contributed by atoms with Crippen molar-refractivity contribution in [2.45, 2.75) is 52.0 Å². The first-order chi connectivity index (χ1) is 8.42. The van der Waals surface area contributed by atoms with Crippen LogP contribution in [0.1, 0.15) is 46.0 Å². The molecule has 0 amide bonds. The summed E-state index contributed by atoms with van der Waals surface area (Å²) in [6.07, 6.45) is 5.00. The van der Waals surface area contributed by atoms with Gasteiger partial charge >= 0.3 is 0 Å². The van der Waals surface area contributed by atoms with E-state index in [1.807, 2.05) is 0 Å². The van der Waals surface area contributed by atoms with Crippen LogP contribution >= 0.6 is 0 Å². The van der Waals surface area contributed by atoms with Crippen LogP contribution in [-0.2, 0) is 10.2 Å². The van der Waals surface area contributed by atoms with Crippen molar-refractivity contribution in [1.29, 1.82) is 0 Å². The van der Waals surface area contributed by atoms with Gasteiger partial charge in [-0.15, -0.1) is 0 Å². The Morgan fingerprint density at radius 2 is 1.72 bits per heavy atom. The maximum absolute atomic E-state index is 12.1. The molecule has 0 bridgehead atoms. The SMILES string of the molecule is CC(C)CC(N)CNS(=O)(=O)N1CCCCCC1. The third-order valence-electron chi connectivity index (χ3n) is 3.21. The largest absolute Gasteiger partial charge is 0.327 e. The van der Waals surface area contributed by atoms with E-state index in [1.54, 1.807) is 4.31 Å². The Labute approximate surface area is 111 Å². The lowest BCUT2D eigenvalue weighted by molar-refractivity contribution is 0.408. The summed E-state index contributed by atoms with van der Waals surface area (Å²) in [5.74, 6) is 0.489. The van der Waals surface area contributed by atoms with Gasteiger partial charge in [0.2, 0.25) is 0 Å². The summed E-state index contributed by atoms with van der Waals surface area (Å²) in [6.45, 7) is 5.77. The maximum atomic E-state index is 12.1. The molecule has 1 rings (SSSR count). The number of rotatable bonds is 6. The van der Waals surface area contributed by atoms with Crippen LogP contribution in [0.4, 0.5) is 0 Å². The van der Waals surface area contributed by atoms with Gasteiger partial charge in [-0.1, -0.05) is 26.7 Å². The van der Waals surface area contributed by atoms with Crippen LogP contribution in [-0.4, -0.2) is 38.4 Å². The summed E-state index contributed by atoms with van der Waals surface area (Å²) in [4.78, 5) is 0. The zero-order valence-electron chi connectivity index (χ0n) is 11.6. The zero-order valence-corrected chi connectivity index (χ0v) is 12.4. The van der Waals surface area contributed by atoms with Crippen molar-refractivity contribution >= 4 is 10.2 Å². The van der Waals surface area contributed by atoms with Gasteiger partial charge in [-0.05, 0) is 25.2 Å². The van der Waals surface area contributed by atoms with E-state index in [-0.39, 0.29) is 6.04 Å². The van der Waals surface area contributed by atoms with Gasteiger partial charge in [0.05, 0.1) is 0 Å². The van der Waals surface area contributed by atoms with Crippen LogP contribution in [0, 0.1) is 5.92 Å². The summed E-state index contributed by atoms with van der Waals surface area (Å²) in [7, 11) is -3.33. The van der Waals surface area contributed by atoms with Crippen LogP contribution in [0.3, 0.4) is 0 Å². The lowest BCUT2D eigenvalue weighted by atomic mass is 10.1. The van der Waals surface area contributed by atoms with E-state index in [2.05, 4.69) is 18.6 Å². The predicted octanol–water partition coefficient (Wildman–Crippen LogP) is 1.07. The average molecular weight is 277 g/mol. The van der Waals surface area contributed by atoms with E-state index in [0.717, 1.165) is 32.1 Å².